The molecule has 0 bridgehead atoms. The highest BCUT2D eigenvalue weighted by atomic mass is 16.3. The zero-order chi connectivity index (χ0) is 12.8. The molecule has 1 aliphatic heterocycles. The van der Waals surface area contributed by atoms with Crippen molar-refractivity contribution < 1.29 is 15.0 Å². The topological polar surface area (TPSA) is 64.0 Å². The quantitative estimate of drug-likeness (QED) is 0.686. The van der Waals surface area contributed by atoms with Gasteiger partial charge in [-0.15, -0.1) is 0 Å². The molecule has 1 rings (SSSR count). The summed E-state index contributed by atoms with van der Waals surface area (Å²) < 4.78 is 0. The van der Waals surface area contributed by atoms with Gasteiger partial charge in [0.25, 0.3) is 0 Å². The van der Waals surface area contributed by atoms with Crippen molar-refractivity contribution in [3.05, 3.63) is 0 Å². The van der Waals surface area contributed by atoms with Crippen molar-refractivity contribution in [1.29, 1.82) is 0 Å². The minimum Gasteiger partial charge on any atom is -0.395 e. The van der Waals surface area contributed by atoms with Crippen molar-refractivity contribution in [3.8, 4) is 0 Å². The molecule has 1 heterocycles. The molecule has 100 valence electrons. The molecule has 1 atom stereocenters. The first-order chi connectivity index (χ1) is 8.13. The second-order valence-electron chi connectivity index (χ2n) is 4.69. The molecule has 5 heteroatoms. The SMILES string of the molecule is CCC(C)C(=O)N1CCN(C(CO)CO)CC1. The molecule has 0 aliphatic carbocycles. The van der Waals surface area contributed by atoms with Crippen LogP contribution in [-0.2, 0) is 4.79 Å². The summed E-state index contributed by atoms with van der Waals surface area (Å²) in [5.74, 6) is 0.310. The van der Waals surface area contributed by atoms with Crippen molar-refractivity contribution in [2.75, 3.05) is 39.4 Å². The van der Waals surface area contributed by atoms with Gasteiger partial charge >= 0.3 is 0 Å². The van der Waals surface area contributed by atoms with Crippen LogP contribution in [0, 0.1) is 5.92 Å². The number of amides is 1. The molecule has 1 fully saturated rings. The van der Waals surface area contributed by atoms with Crippen LogP contribution in [0.1, 0.15) is 20.3 Å². The zero-order valence-electron chi connectivity index (χ0n) is 10.8. The van der Waals surface area contributed by atoms with E-state index >= 15 is 0 Å². The summed E-state index contributed by atoms with van der Waals surface area (Å²) in [5.41, 5.74) is 0. The third kappa shape index (κ3) is 3.66. The Balaban J connectivity index is 2.42. The van der Waals surface area contributed by atoms with Gasteiger partial charge in [-0.05, 0) is 6.42 Å². The van der Waals surface area contributed by atoms with Crippen molar-refractivity contribution >= 4 is 5.91 Å². The molecule has 2 N–H and O–H groups in total. The molecule has 1 saturated heterocycles. The fourth-order valence-corrected chi connectivity index (χ4v) is 2.08. The lowest BCUT2D eigenvalue weighted by atomic mass is 10.1. The Morgan fingerprint density at radius 1 is 1.18 bits per heavy atom. The predicted octanol–water partition coefficient (Wildman–Crippen LogP) is -0.470. The van der Waals surface area contributed by atoms with Crippen LogP contribution in [0.3, 0.4) is 0 Å². The normalized spacial score (nSPS) is 19.7. The van der Waals surface area contributed by atoms with Crippen molar-refractivity contribution in [2.24, 2.45) is 5.92 Å². The van der Waals surface area contributed by atoms with E-state index in [1.54, 1.807) is 0 Å². The maximum absolute atomic E-state index is 12.0. The molecule has 1 aliphatic rings. The number of carbonyl (C=O) groups is 1. The minimum atomic E-state index is -0.184. The Labute approximate surface area is 103 Å². The first kappa shape index (κ1) is 14.4. The van der Waals surface area contributed by atoms with Gasteiger partial charge in [-0.25, -0.2) is 0 Å². The molecule has 0 aromatic heterocycles. The molecule has 0 radical (unpaired) electrons. The number of rotatable bonds is 5. The van der Waals surface area contributed by atoms with E-state index in [1.807, 2.05) is 23.6 Å². The third-order valence-electron chi connectivity index (χ3n) is 3.60. The van der Waals surface area contributed by atoms with Gasteiger partial charge in [0.05, 0.1) is 19.3 Å². The van der Waals surface area contributed by atoms with E-state index < -0.39 is 0 Å². The Morgan fingerprint density at radius 3 is 2.12 bits per heavy atom. The molecular weight excluding hydrogens is 220 g/mol. The van der Waals surface area contributed by atoms with Gasteiger partial charge in [0.2, 0.25) is 5.91 Å². The van der Waals surface area contributed by atoms with Crippen molar-refractivity contribution in [2.45, 2.75) is 26.3 Å². The summed E-state index contributed by atoms with van der Waals surface area (Å²) in [7, 11) is 0. The highest BCUT2D eigenvalue weighted by molar-refractivity contribution is 5.78. The Morgan fingerprint density at radius 2 is 1.71 bits per heavy atom. The molecular formula is C12H24N2O3. The van der Waals surface area contributed by atoms with Crippen LogP contribution >= 0.6 is 0 Å². The number of carbonyl (C=O) groups excluding carboxylic acids is 1. The van der Waals surface area contributed by atoms with Crippen LogP contribution in [-0.4, -0.2) is 71.4 Å². The molecule has 5 nitrogen and oxygen atoms in total. The first-order valence-electron chi connectivity index (χ1n) is 6.38. The van der Waals surface area contributed by atoms with Gasteiger partial charge < -0.3 is 15.1 Å². The summed E-state index contributed by atoms with van der Waals surface area (Å²) in [4.78, 5) is 15.9. The second-order valence-corrected chi connectivity index (χ2v) is 4.69. The first-order valence-corrected chi connectivity index (χ1v) is 6.38. The highest BCUT2D eigenvalue weighted by Gasteiger charge is 2.26. The van der Waals surface area contributed by atoms with Crippen LogP contribution < -0.4 is 0 Å². The van der Waals surface area contributed by atoms with E-state index in [0.29, 0.717) is 13.1 Å². The molecule has 1 unspecified atom stereocenters. The summed E-state index contributed by atoms with van der Waals surface area (Å²) in [6.45, 7) is 6.76. The fraction of sp³-hybridized carbons (Fsp3) is 0.917. The number of nitrogens with zero attached hydrogens (tertiary/aromatic N) is 2. The van der Waals surface area contributed by atoms with Crippen molar-refractivity contribution in [3.63, 3.8) is 0 Å². The lowest BCUT2D eigenvalue weighted by Crippen LogP contribution is -2.54. The Hall–Kier alpha value is -0.650. The Kier molecular flexibility index (Phi) is 5.88. The maximum Gasteiger partial charge on any atom is 0.225 e. The minimum absolute atomic E-state index is 0.0319. The monoisotopic (exact) mass is 244 g/mol. The van der Waals surface area contributed by atoms with Crippen LogP contribution in [0.15, 0.2) is 0 Å². The third-order valence-corrected chi connectivity index (χ3v) is 3.60. The average Bonchev–Trinajstić information content (AvgIpc) is 2.39. The van der Waals surface area contributed by atoms with Gasteiger partial charge in [0, 0.05) is 32.1 Å². The number of piperazine rings is 1. The number of aliphatic hydroxyl groups is 2. The zero-order valence-corrected chi connectivity index (χ0v) is 10.8. The summed E-state index contributed by atoms with van der Waals surface area (Å²) in [6.07, 6.45) is 0.870. The Bertz CT molecular complexity index is 236. The van der Waals surface area contributed by atoms with E-state index in [2.05, 4.69) is 0 Å². The second kappa shape index (κ2) is 6.93. The van der Waals surface area contributed by atoms with Crippen LogP contribution in [0.25, 0.3) is 0 Å². The van der Waals surface area contributed by atoms with Gasteiger partial charge in [-0.3, -0.25) is 9.69 Å². The van der Waals surface area contributed by atoms with E-state index in [9.17, 15) is 4.79 Å². The molecule has 0 aromatic carbocycles. The summed E-state index contributed by atoms with van der Waals surface area (Å²) in [5, 5.41) is 18.2. The van der Waals surface area contributed by atoms with Gasteiger partial charge in [-0.1, -0.05) is 13.8 Å². The molecule has 1 amide bonds. The summed E-state index contributed by atoms with van der Waals surface area (Å²) >= 11 is 0. The van der Waals surface area contributed by atoms with E-state index in [0.717, 1.165) is 19.5 Å². The molecule has 17 heavy (non-hydrogen) atoms. The van der Waals surface area contributed by atoms with Crippen LogP contribution in [0.4, 0.5) is 0 Å². The van der Waals surface area contributed by atoms with Crippen LogP contribution in [0.2, 0.25) is 0 Å². The number of aliphatic hydroxyl groups excluding tert-OH is 2. The fourth-order valence-electron chi connectivity index (χ4n) is 2.08. The lowest BCUT2D eigenvalue weighted by molar-refractivity contribution is -0.137. The number of hydrogen-bond acceptors (Lipinski definition) is 4. The average molecular weight is 244 g/mol. The molecule has 0 aromatic rings. The van der Waals surface area contributed by atoms with Crippen molar-refractivity contribution in [1.82, 2.24) is 9.80 Å². The highest BCUT2D eigenvalue weighted by Crippen LogP contribution is 2.11. The largest absolute Gasteiger partial charge is 0.395 e. The van der Waals surface area contributed by atoms with Gasteiger partial charge in [0.1, 0.15) is 0 Å². The standard InChI is InChI=1S/C12H24N2O3/c1-3-10(2)12(17)14-6-4-13(5-7-14)11(8-15)9-16/h10-11,15-16H,3-9H2,1-2H3. The predicted molar refractivity (Wildman–Crippen MR) is 65.6 cm³/mol. The van der Waals surface area contributed by atoms with E-state index in [4.69, 9.17) is 10.2 Å². The van der Waals surface area contributed by atoms with Gasteiger partial charge in [0.15, 0.2) is 0 Å². The maximum atomic E-state index is 12.0. The van der Waals surface area contributed by atoms with E-state index in [-0.39, 0.29) is 31.1 Å². The smallest absolute Gasteiger partial charge is 0.225 e. The van der Waals surface area contributed by atoms with Crippen LogP contribution in [0.5, 0.6) is 0 Å². The molecule has 0 saturated carbocycles. The summed E-state index contributed by atoms with van der Waals surface area (Å²) in [6, 6.07) is -0.184. The molecule has 0 spiro atoms. The van der Waals surface area contributed by atoms with Gasteiger partial charge in [-0.2, -0.15) is 0 Å². The van der Waals surface area contributed by atoms with E-state index in [1.165, 1.54) is 0 Å². The lowest BCUT2D eigenvalue weighted by Gasteiger charge is -2.38. The number of hydrogen-bond donors (Lipinski definition) is 2.